The van der Waals surface area contributed by atoms with Gasteiger partial charge in [0, 0.05) is 31.3 Å². The van der Waals surface area contributed by atoms with Gasteiger partial charge in [-0.1, -0.05) is 24.3 Å². The quantitative estimate of drug-likeness (QED) is 0.544. The zero-order chi connectivity index (χ0) is 21.5. The van der Waals surface area contributed by atoms with Gasteiger partial charge >= 0.3 is 0 Å². The number of likely N-dealkylation sites (tertiary alicyclic amines) is 1. The van der Waals surface area contributed by atoms with Crippen LogP contribution in [0.4, 0.5) is 5.69 Å². The molecule has 7 nitrogen and oxygen atoms in total. The molecule has 0 aromatic heterocycles. The van der Waals surface area contributed by atoms with E-state index in [-0.39, 0.29) is 24.1 Å². The molecule has 1 heterocycles. The van der Waals surface area contributed by atoms with Crippen molar-refractivity contribution in [3.63, 3.8) is 0 Å². The summed E-state index contributed by atoms with van der Waals surface area (Å²) in [7, 11) is 0. The van der Waals surface area contributed by atoms with Crippen LogP contribution in [0.15, 0.2) is 54.6 Å². The van der Waals surface area contributed by atoms with Gasteiger partial charge in [0.1, 0.15) is 5.75 Å². The third kappa shape index (κ3) is 6.17. The highest BCUT2D eigenvalue weighted by Crippen LogP contribution is 2.15. The van der Waals surface area contributed by atoms with Crippen molar-refractivity contribution in [3.8, 4) is 5.75 Å². The number of aromatic hydroxyl groups is 1. The fourth-order valence-electron chi connectivity index (χ4n) is 3.25. The van der Waals surface area contributed by atoms with Gasteiger partial charge in [-0.25, -0.2) is 0 Å². The van der Waals surface area contributed by atoms with Crippen LogP contribution in [-0.4, -0.2) is 57.3 Å². The zero-order valence-corrected chi connectivity index (χ0v) is 16.6. The summed E-state index contributed by atoms with van der Waals surface area (Å²) in [5.74, 6) is -0.139. The van der Waals surface area contributed by atoms with Crippen molar-refractivity contribution >= 4 is 23.6 Å². The Balaban J connectivity index is 1.46. The maximum atomic E-state index is 12.3. The summed E-state index contributed by atoms with van der Waals surface area (Å²) in [4.78, 5) is 25.9. The Morgan fingerprint density at radius 3 is 2.40 bits per heavy atom. The molecule has 1 aliphatic rings. The third-order valence-electron chi connectivity index (χ3n) is 5.07. The second-order valence-corrected chi connectivity index (χ2v) is 7.37. The molecule has 4 N–H and O–H groups in total. The fraction of sp³-hybridized carbons (Fsp3) is 0.304. The number of aryl methyl sites for hydroxylation is 1. The van der Waals surface area contributed by atoms with E-state index in [9.17, 15) is 24.9 Å². The van der Waals surface area contributed by atoms with Gasteiger partial charge in [0.25, 0.3) is 0 Å². The lowest BCUT2D eigenvalue weighted by Crippen LogP contribution is -2.49. The van der Waals surface area contributed by atoms with Crippen molar-refractivity contribution in [2.24, 2.45) is 0 Å². The highest BCUT2D eigenvalue weighted by molar-refractivity contribution is 6.01. The number of rotatable bonds is 6. The summed E-state index contributed by atoms with van der Waals surface area (Å²) < 4.78 is 0. The first-order chi connectivity index (χ1) is 14.4. The largest absolute Gasteiger partial charge is 0.508 e. The van der Waals surface area contributed by atoms with Crippen LogP contribution >= 0.6 is 0 Å². The van der Waals surface area contributed by atoms with Crippen molar-refractivity contribution in [2.45, 2.75) is 31.5 Å². The molecule has 1 fully saturated rings. The number of nitrogens with zero attached hydrogens (tertiary/aromatic N) is 1. The second-order valence-electron chi connectivity index (χ2n) is 7.37. The number of amides is 2. The Hall–Kier alpha value is -3.16. The first-order valence-electron chi connectivity index (χ1n) is 9.91. The Labute approximate surface area is 175 Å². The number of anilines is 1. The number of aliphatic hydroxyl groups is 2. The van der Waals surface area contributed by atoms with E-state index in [2.05, 4.69) is 5.32 Å². The van der Waals surface area contributed by atoms with Crippen LogP contribution < -0.4 is 5.32 Å². The molecule has 1 saturated heterocycles. The summed E-state index contributed by atoms with van der Waals surface area (Å²) in [6, 6.07) is 13.8. The molecule has 3 rings (SSSR count). The van der Waals surface area contributed by atoms with E-state index in [0.29, 0.717) is 31.5 Å². The number of carbonyl (C=O) groups is 2. The van der Waals surface area contributed by atoms with Gasteiger partial charge in [-0.15, -0.1) is 0 Å². The first-order valence-corrected chi connectivity index (χ1v) is 9.91. The third-order valence-corrected chi connectivity index (χ3v) is 5.07. The van der Waals surface area contributed by atoms with E-state index in [1.165, 1.54) is 6.08 Å². The first kappa shape index (κ1) is 21.5. The molecular formula is C23H26N2O5. The molecule has 7 heteroatoms. The van der Waals surface area contributed by atoms with Crippen molar-refractivity contribution in [1.82, 2.24) is 4.90 Å². The van der Waals surface area contributed by atoms with Gasteiger partial charge in [-0.05, 0) is 54.3 Å². The Kier molecular flexibility index (Phi) is 7.21. The molecule has 2 amide bonds. The smallest absolute Gasteiger partial charge is 0.248 e. The van der Waals surface area contributed by atoms with Gasteiger partial charge in [-0.3, -0.25) is 9.59 Å². The molecule has 30 heavy (non-hydrogen) atoms. The minimum atomic E-state index is -0.881. The van der Waals surface area contributed by atoms with E-state index in [4.69, 9.17) is 0 Å². The molecule has 0 radical (unpaired) electrons. The Morgan fingerprint density at radius 1 is 1.03 bits per heavy atom. The number of aliphatic hydroxyl groups excluding tert-OH is 2. The molecule has 0 saturated carbocycles. The number of phenols is 1. The maximum Gasteiger partial charge on any atom is 0.248 e. The van der Waals surface area contributed by atoms with E-state index in [0.717, 1.165) is 11.1 Å². The van der Waals surface area contributed by atoms with E-state index < -0.39 is 12.2 Å². The highest BCUT2D eigenvalue weighted by Gasteiger charge is 2.28. The fourth-order valence-corrected chi connectivity index (χ4v) is 3.25. The molecule has 1 aliphatic heterocycles. The monoisotopic (exact) mass is 410 g/mol. The Morgan fingerprint density at radius 2 is 1.73 bits per heavy atom. The summed E-state index contributed by atoms with van der Waals surface area (Å²) in [6.07, 6.45) is 2.71. The zero-order valence-electron chi connectivity index (χ0n) is 16.6. The van der Waals surface area contributed by atoms with Crippen LogP contribution in [0.5, 0.6) is 5.75 Å². The standard InChI is InChI=1S/C23H26N2O5/c26-19-9-3-17(4-10-19)5-11-22(29)24-18-7-1-16(2-8-18)6-12-23(30)25-14-13-20(27)21(28)15-25/h1-5,7-11,20-21,26-28H,6,12-15H2,(H,24,29)/b11-5+/t20-,21-/m1/s1. The number of hydrogen-bond acceptors (Lipinski definition) is 5. The number of phenolic OH excluding ortho intramolecular Hbond substituents is 1. The summed E-state index contributed by atoms with van der Waals surface area (Å²) in [5.41, 5.74) is 2.43. The van der Waals surface area contributed by atoms with Crippen LogP contribution in [0.2, 0.25) is 0 Å². The molecule has 0 spiro atoms. The average molecular weight is 410 g/mol. The van der Waals surface area contributed by atoms with Crippen LogP contribution in [0, 0.1) is 0 Å². The molecule has 0 aliphatic carbocycles. The molecule has 158 valence electrons. The van der Waals surface area contributed by atoms with Gasteiger partial charge < -0.3 is 25.5 Å². The van der Waals surface area contributed by atoms with Gasteiger partial charge in [0.05, 0.1) is 12.2 Å². The molecule has 0 unspecified atom stereocenters. The summed E-state index contributed by atoms with van der Waals surface area (Å²) in [5, 5.41) is 31.3. The minimum absolute atomic E-state index is 0.0438. The lowest BCUT2D eigenvalue weighted by atomic mass is 10.0. The number of benzene rings is 2. The predicted octanol–water partition coefficient (Wildman–Crippen LogP) is 1.93. The minimum Gasteiger partial charge on any atom is -0.508 e. The number of carbonyl (C=O) groups excluding carboxylic acids is 2. The van der Waals surface area contributed by atoms with E-state index in [1.54, 1.807) is 47.4 Å². The number of nitrogens with one attached hydrogen (secondary N) is 1. The topological polar surface area (TPSA) is 110 Å². The second kappa shape index (κ2) is 10.0. The average Bonchev–Trinajstić information content (AvgIpc) is 2.74. The van der Waals surface area contributed by atoms with E-state index in [1.807, 2.05) is 12.1 Å². The number of β-amino-alcohol motifs (C(OH)–C–C–N with tert-alkyl or cyclic N) is 1. The van der Waals surface area contributed by atoms with Crippen molar-refractivity contribution in [2.75, 3.05) is 18.4 Å². The molecule has 2 aromatic carbocycles. The highest BCUT2D eigenvalue weighted by atomic mass is 16.3. The molecule has 0 bridgehead atoms. The van der Waals surface area contributed by atoms with Gasteiger partial charge in [-0.2, -0.15) is 0 Å². The van der Waals surface area contributed by atoms with Gasteiger partial charge in [0.2, 0.25) is 11.8 Å². The Bertz CT molecular complexity index is 893. The van der Waals surface area contributed by atoms with Gasteiger partial charge in [0.15, 0.2) is 0 Å². The predicted molar refractivity (Wildman–Crippen MR) is 114 cm³/mol. The lowest BCUT2D eigenvalue weighted by Gasteiger charge is -2.33. The lowest BCUT2D eigenvalue weighted by molar-refractivity contribution is -0.137. The van der Waals surface area contributed by atoms with Crippen LogP contribution in [0.3, 0.4) is 0 Å². The van der Waals surface area contributed by atoms with Crippen LogP contribution in [0.25, 0.3) is 6.08 Å². The number of piperidine rings is 1. The maximum absolute atomic E-state index is 12.3. The summed E-state index contributed by atoms with van der Waals surface area (Å²) in [6.45, 7) is 0.627. The summed E-state index contributed by atoms with van der Waals surface area (Å²) >= 11 is 0. The van der Waals surface area contributed by atoms with Crippen molar-refractivity contribution in [3.05, 3.63) is 65.7 Å². The normalized spacial score (nSPS) is 19.1. The van der Waals surface area contributed by atoms with Crippen LogP contribution in [-0.2, 0) is 16.0 Å². The number of hydrogen-bond donors (Lipinski definition) is 4. The molecule has 2 aromatic rings. The van der Waals surface area contributed by atoms with Crippen molar-refractivity contribution < 1.29 is 24.9 Å². The SMILES string of the molecule is O=C(/C=C/c1ccc(O)cc1)Nc1ccc(CCC(=O)N2CC[C@@H](O)[C@H](O)C2)cc1. The van der Waals surface area contributed by atoms with Crippen molar-refractivity contribution in [1.29, 1.82) is 0 Å². The van der Waals surface area contributed by atoms with E-state index >= 15 is 0 Å². The van der Waals surface area contributed by atoms with Crippen LogP contribution in [0.1, 0.15) is 24.0 Å². The molecule has 2 atom stereocenters. The molecular weight excluding hydrogens is 384 g/mol.